The summed E-state index contributed by atoms with van der Waals surface area (Å²) in [5.74, 6) is 0.503. The number of nitrogens with two attached hydrogens (primary N) is 1. The molecule has 0 radical (unpaired) electrons. The Bertz CT molecular complexity index is 783. The van der Waals surface area contributed by atoms with Gasteiger partial charge in [-0.05, 0) is 36.4 Å². The van der Waals surface area contributed by atoms with E-state index in [2.05, 4.69) is 5.32 Å². The Labute approximate surface area is 175 Å². The number of rotatable bonds is 14. The lowest BCUT2D eigenvalue weighted by Crippen LogP contribution is -2.33. The van der Waals surface area contributed by atoms with Gasteiger partial charge in [0.1, 0.15) is 37.4 Å². The molecule has 0 fully saturated rings. The van der Waals surface area contributed by atoms with Crippen molar-refractivity contribution in [2.75, 3.05) is 46.6 Å². The van der Waals surface area contributed by atoms with Gasteiger partial charge in [0.2, 0.25) is 0 Å². The maximum atomic E-state index is 11.2. The number of methoxy groups -OCH3 is 1. The highest BCUT2D eigenvalue weighted by Crippen LogP contribution is 2.29. The average molecular weight is 420 g/mol. The largest absolute Gasteiger partial charge is 0.504 e. The van der Waals surface area contributed by atoms with E-state index in [4.69, 9.17) is 24.7 Å². The van der Waals surface area contributed by atoms with Crippen molar-refractivity contribution >= 4 is 5.91 Å². The van der Waals surface area contributed by atoms with Gasteiger partial charge < -0.3 is 40.2 Å². The van der Waals surface area contributed by atoms with E-state index in [1.54, 1.807) is 43.5 Å². The number of carbonyl (C=O) groups is 1. The fraction of sp³-hybridized carbons (Fsp3) is 0.381. The van der Waals surface area contributed by atoms with Crippen LogP contribution in [-0.2, 0) is 4.74 Å². The summed E-state index contributed by atoms with van der Waals surface area (Å²) in [7, 11) is 1.61. The van der Waals surface area contributed by atoms with Gasteiger partial charge in [-0.25, -0.2) is 0 Å². The number of aliphatic hydroxyl groups excluding tert-OH is 1. The Morgan fingerprint density at radius 2 is 1.73 bits per heavy atom. The molecule has 2 rings (SSSR count). The molecule has 1 atom stereocenters. The molecular weight excluding hydrogens is 392 g/mol. The molecule has 0 aromatic heterocycles. The molecule has 164 valence electrons. The topological polar surface area (TPSA) is 132 Å². The zero-order valence-electron chi connectivity index (χ0n) is 16.9. The number of carbonyl (C=O) groups excluding carboxylic acids is 1. The van der Waals surface area contributed by atoms with E-state index < -0.39 is 12.0 Å². The number of phenols is 1. The van der Waals surface area contributed by atoms with Gasteiger partial charge in [0.05, 0.1) is 12.2 Å². The standard InChI is InChI=1S/C21H28N2O7/c1-27-11-12-28-16-5-7-17(8-6-16)30-14-15(24)13-23-9-10-29-19-4-2-3-18(20(19)25)21(22)26/h2-8,15,23-25H,9-14H2,1H3,(H2,22,26). The van der Waals surface area contributed by atoms with Gasteiger partial charge in [0.15, 0.2) is 11.5 Å². The number of primary amides is 1. The van der Waals surface area contributed by atoms with Crippen molar-refractivity contribution in [1.29, 1.82) is 0 Å². The van der Waals surface area contributed by atoms with E-state index in [1.165, 1.54) is 6.07 Å². The summed E-state index contributed by atoms with van der Waals surface area (Å²) in [5, 5.41) is 23.0. The molecule has 0 saturated carbocycles. The van der Waals surface area contributed by atoms with Gasteiger partial charge >= 0.3 is 0 Å². The van der Waals surface area contributed by atoms with Crippen molar-refractivity contribution in [2.45, 2.75) is 6.10 Å². The van der Waals surface area contributed by atoms with Gasteiger partial charge in [0, 0.05) is 20.2 Å². The second-order valence-corrected chi connectivity index (χ2v) is 6.35. The molecule has 1 amide bonds. The number of ether oxygens (including phenoxy) is 4. The molecule has 2 aromatic carbocycles. The molecule has 0 aliphatic heterocycles. The molecule has 9 nitrogen and oxygen atoms in total. The molecule has 9 heteroatoms. The summed E-state index contributed by atoms with van der Waals surface area (Å²) in [6.45, 7) is 2.07. The van der Waals surface area contributed by atoms with Crippen LogP contribution in [0.1, 0.15) is 10.4 Å². The summed E-state index contributed by atoms with van der Waals surface area (Å²) in [4.78, 5) is 11.2. The van der Waals surface area contributed by atoms with Gasteiger partial charge in [-0.2, -0.15) is 0 Å². The third kappa shape index (κ3) is 7.78. The van der Waals surface area contributed by atoms with Crippen molar-refractivity contribution < 1.29 is 34.0 Å². The van der Waals surface area contributed by atoms with Gasteiger partial charge in [-0.3, -0.25) is 4.79 Å². The molecule has 1 unspecified atom stereocenters. The minimum absolute atomic E-state index is 0.00241. The Kier molecular flexibility index (Phi) is 9.72. The molecule has 0 bridgehead atoms. The van der Waals surface area contributed by atoms with Gasteiger partial charge in [-0.1, -0.05) is 6.07 Å². The summed E-state index contributed by atoms with van der Waals surface area (Å²) >= 11 is 0. The number of hydrogen-bond donors (Lipinski definition) is 4. The van der Waals surface area contributed by atoms with E-state index in [-0.39, 0.29) is 30.3 Å². The van der Waals surface area contributed by atoms with Crippen LogP contribution in [0.25, 0.3) is 0 Å². The highest BCUT2D eigenvalue weighted by atomic mass is 16.5. The van der Waals surface area contributed by atoms with E-state index in [1.807, 2.05) is 0 Å². The van der Waals surface area contributed by atoms with Crippen LogP contribution in [-0.4, -0.2) is 68.9 Å². The van der Waals surface area contributed by atoms with Crippen LogP contribution in [0.3, 0.4) is 0 Å². The first-order valence-electron chi connectivity index (χ1n) is 9.49. The fourth-order valence-electron chi connectivity index (χ4n) is 2.47. The van der Waals surface area contributed by atoms with Crippen LogP contribution < -0.4 is 25.3 Å². The van der Waals surface area contributed by atoms with Crippen LogP contribution in [0.2, 0.25) is 0 Å². The monoisotopic (exact) mass is 420 g/mol. The lowest BCUT2D eigenvalue weighted by Gasteiger charge is -2.14. The smallest absolute Gasteiger partial charge is 0.252 e. The third-order valence-corrected chi connectivity index (χ3v) is 4.00. The van der Waals surface area contributed by atoms with E-state index >= 15 is 0 Å². The predicted octanol–water partition coefficient (Wildman–Crippen LogP) is 0.925. The Balaban J connectivity index is 1.62. The number of aliphatic hydroxyl groups is 1. The predicted molar refractivity (Wildman–Crippen MR) is 110 cm³/mol. The van der Waals surface area contributed by atoms with Crippen LogP contribution in [0.15, 0.2) is 42.5 Å². The minimum atomic E-state index is -0.729. The van der Waals surface area contributed by atoms with Crippen LogP contribution in [0, 0.1) is 0 Å². The molecule has 0 saturated heterocycles. The number of benzene rings is 2. The first-order valence-corrected chi connectivity index (χ1v) is 9.49. The zero-order chi connectivity index (χ0) is 21.8. The summed E-state index contributed by atoms with van der Waals surface area (Å²) in [5.41, 5.74) is 5.18. The normalized spacial score (nSPS) is 11.7. The number of aromatic hydroxyl groups is 1. The lowest BCUT2D eigenvalue weighted by atomic mass is 10.2. The number of para-hydroxylation sites is 1. The lowest BCUT2D eigenvalue weighted by molar-refractivity contribution is 0.0996. The molecule has 0 spiro atoms. The van der Waals surface area contributed by atoms with Crippen molar-refractivity contribution in [1.82, 2.24) is 5.32 Å². The van der Waals surface area contributed by atoms with Crippen LogP contribution in [0.5, 0.6) is 23.0 Å². The first-order chi connectivity index (χ1) is 14.5. The summed E-state index contributed by atoms with van der Waals surface area (Å²) in [6.07, 6.45) is -0.714. The third-order valence-electron chi connectivity index (χ3n) is 4.00. The maximum absolute atomic E-state index is 11.2. The zero-order valence-corrected chi connectivity index (χ0v) is 16.9. The van der Waals surface area contributed by atoms with Crippen LogP contribution in [0.4, 0.5) is 0 Å². The van der Waals surface area contributed by atoms with E-state index in [0.717, 1.165) is 0 Å². The maximum Gasteiger partial charge on any atom is 0.252 e. The van der Waals surface area contributed by atoms with E-state index in [0.29, 0.717) is 37.8 Å². The van der Waals surface area contributed by atoms with Crippen LogP contribution >= 0.6 is 0 Å². The molecular formula is C21H28N2O7. The van der Waals surface area contributed by atoms with Crippen molar-refractivity contribution in [2.24, 2.45) is 5.73 Å². The molecule has 0 heterocycles. The Morgan fingerprint density at radius 3 is 2.40 bits per heavy atom. The van der Waals surface area contributed by atoms with Crippen molar-refractivity contribution in [3.63, 3.8) is 0 Å². The molecule has 30 heavy (non-hydrogen) atoms. The van der Waals surface area contributed by atoms with E-state index in [9.17, 15) is 15.0 Å². The molecule has 0 aliphatic carbocycles. The highest BCUT2D eigenvalue weighted by Gasteiger charge is 2.12. The molecule has 5 N–H and O–H groups in total. The second kappa shape index (κ2) is 12.5. The van der Waals surface area contributed by atoms with Crippen molar-refractivity contribution in [3.8, 4) is 23.0 Å². The minimum Gasteiger partial charge on any atom is -0.504 e. The summed E-state index contributed by atoms with van der Waals surface area (Å²) < 4.78 is 21.4. The Hall–Kier alpha value is -3.01. The van der Waals surface area contributed by atoms with Gasteiger partial charge in [-0.15, -0.1) is 0 Å². The average Bonchev–Trinajstić information content (AvgIpc) is 2.74. The molecule has 0 aliphatic rings. The first kappa shape index (κ1) is 23.3. The number of hydrogen-bond acceptors (Lipinski definition) is 8. The summed E-state index contributed by atoms with van der Waals surface area (Å²) in [6, 6.07) is 11.6. The Morgan fingerprint density at radius 1 is 1.03 bits per heavy atom. The second-order valence-electron chi connectivity index (χ2n) is 6.35. The SMILES string of the molecule is COCCOc1ccc(OCC(O)CNCCOc2cccc(C(N)=O)c2O)cc1. The number of nitrogens with one attached hydrogen (secondary N) is 1. The fourth-order valence-corrected chi connectivity index (χ4v) is 2.47. The quantitative estimate of drug-likeness (QED) is 0.332. The highest BCUT2D eigenvalue weighted by molar-refractivity contribution is 5.96. The number of amides is 1. The molecule has 2 aromatic rings. The van der Waals surface area contributed by atoms with Gasteiger partial charge in [0.25, 0.3) is 5.91 Å². The van der Waals surface area contributed by atoms with Crippen molar-refractivity contribution in [3.05, 3.63) is 48.0 Å².